The van der Waals surface area contributed by atoms with E-state index in [1.54, 1.807) is 0 Å². The third-order valence-electron chi connectivity index (χ3n) is 1.11. The summed E-state index contributed by atoms with van der Waals surface area (Å²) < 4.78 is 26.5. The van der Waals surface area contributed by atoms with Crippen molar-refractivity contribution in [3.8, 4) is 0 Å². The van der Waals surface area contributed by atoms with Crippen molar-refractivity contribution in [1.82, 2.24) is 0 Å². The minimum Gasteiger partial charge on any atom is -0.358 e. The summed E-state index contributed by atoms with van der Waals surface area (Å²) in [6.07, 6.45) is 20.0. The summed E-state index contributed by atoms with van der Waals surface area (Å²) in [4.78, 5) is 0. The molecule has 0 spiro atoms. The second kappa shape index (κ2) is 43.1. The van der Waals surface area contributed by atoms with Crippen LogP contribution in [0.5, 0.6) is 0 Å². The van der Waals surface area contributed by atoms with E-state index < -0.39 is 0 Å². The zero-order chi connectivity index (χ0) is 13.8. The fraction of sp³-hybridized carbons (Fsp3) is 0. The Morgan fingerprint density at radius 2 is 0.667 bits per heavy atom. The fourth-order valence-electron chi connectivity index (χ4n) is 0.642. The zero-order valence-electron chi connectivity index (χ0n) is 11.9. The van der Waals surface area contributed by atoms with Crippen molar-refractivity contribution in [2.45, 2.75) is 0 Å². The molecule has 18 heavy (non-hydrogen) atoms. The van der Waals surface area contributed by atoms with Gasteiger partial charge in [0.25, 0.3) is 0 Å². The van der Waals surface area contributed by atoms with Crippen LogP contribution >= 0.6 is 0 Å². The van der Waals surface area contributed by atoms with Crippen molar-refractivity contribution >= 4 is 0 Å². The van der Waals surface area contributed by atoms with Gasteiger partial charge in [0.2, 0.25) is 0 Å². The van der Waals surface area contributed by atoms with E-state index in [2.05, 4.69) is 13.3 Å². The van der Waals surface area contributed by atoms with Crippen LogP contribution in [0.1, 0.15) is 2.74 Å². The van der Waals surface area contributed by atoms with Gasteiger partial charge in [0.15, 0.2) is 0 Å². The van der Waals surface area contributed by atoms with Crippen LogP contribution in [-0.2, 0) is 48.3 Å². The van der Waals surface area contributed by atoms with Crippen molar-refractivity contribution in [2.75, 3.05) is 0 Å². The van der Waals surface area contributed by atoms with E-state index in [1.807, 2.05) is 64.2 Å². The monoisotopic (exact) mass is 425 g/mol. The minimum absolute atomic E-state index is 0. The summed E-state index contributed by atoms with van der Waals surface area (Å²) in [5.74, 6) is 0. The van der Waals surface area contributed by atoms with Gasteiger partial charge in [0.1, 0.15) is 0 Å². The quantitative estimate of drug-likeness (QED) is 0.249. The topological polar surface area (TPSA) is 39.8 Å². The van der Waals surface area contributed by atoms with Crippen LogP contribution in [0, 0.1) is 92.3 Å². The Morgan fingerprint density at radius 1 is 0.611 bits per heavy atom. The van der Waals surface area contributed by atoms with E-state index in [9.17, 15) is 0 Å². The van der Waals surface area contributed by atoms with Gasteiger partial charge in [-0.15, -0.1) is 0 Å². The van der Waals surface area contributed by atoms with Crippen LogP contribution in [-0.4, -0.2) is 0 Å². The molecule has 0 unspecified atom stereocenters. The van der Waals surface area contributed by atoms with Crippen molar-refractivity contribution in [2.24, 2.45) is 0 Å². The molecule has 2 fully saturated rings. The molecule has 0 bridgehead atoms. The average Bonchev–Trinajstić information content (AvgIpc) is 3.13. The molecule has 12 radical (unpaired) electrons. The predicted octanol–water partition coefficient (Wildman–Crippen LogP) is 2.86. The smallest absolute Gasteiger partial charge is 0.358 e. The maximum absolute atomic E-state index is 7.50. The summed E-state index contributed by atoms with van der Waals surface area (Å²) in [6.45, 7) is 9.00. The molecule has 0 heterocycles. The molecule has 2 saturated carbocycles. The van der Waals surface area contributed by atoms with Gasteiger partial charge in [-0.3, -0.25) is 0 Å². The Morgan fingerprint density at radius 3 is 0.722 bits per heavy atom. The Labute approximate surface area is 143 Å². The van der Waals surface area contributed by atoms with Crippen molar-refractivity contribution in [3.63, 3.8) is 0 Å². The van der Waals surface area contributed by atoms with Gasteiger partial charge in [-0.05, 0) is 64.2 Å². The van der Waals surface area contributed by atoms with Crippen molar-refractivity contribution in [1.29, 1.82) is 0 Å². The normalized spacial score (nSPS) is 14.7. The van der Waals surface area contributed by atoms with Gasteiger partial charge in [0, 0.05) is 0 Å². The van der Waals surface area contributed by atoms with E-state index in [0.29, 0.717) is 7.38 Å². The largest absolute Gasteiger partial charge is 3.00 e. The average molecular weight is 423 g/mol. The maximum Gasteiger partial charge on any atom is 3.00 e. The summed E-state index contributed by atoms with van der Waals surface area (Å²) in [5.41, 5.74) is 0. The van der Waals surface area contributed by atoms with Crippen molar-refractivity contribution < 1.29 is 51.0 Å². The standard InChI is InChI=1S/2C5H5.2CO.2CH3.2Ru/c2*1-2-4-5-3-1;2*1-2;;;;/h2*1-5H;;;2*1H3;;/q;;;;2*-1;+1;+3/i;;2*1+1;1+1D2;;;. The van der Waals surface area contributed by atoms with Gasteiger partial charge < -0.3 is 14.8 Å². The summed E-state index contributed by atoms with van der Waals surface area (Å²) in [5, 5.41) is 0. The second-order valence-corrected chi connectivity index (χ2v) is 1.92. The van der Waals surface area contributed by atoms with E-state index >= 15 is 0 Å². The summed E-state index contributed by atoms with van der Waals surface area (Å²) in [6, 6.07) is 0. The molecule has 0 aromatic carbocycles. The third-order valence-corrected chi connectivity index (χ3v) is 1.11. The summed E-state index contributed by atoms with van der Waals surface area (Å²) >= 11 is 0. The first-order valence-corrected chi connectivity index (χ1v) is 3.74. The number of hydrogen-bond acceptors (Lipinski definition) is 0. The van der Waals surface area contributed by atoms with E-state index in [-0.39, 0.29) is 46.4 Å². The molecule has 0 N–H and O–H groups in total. The van der Waals surface area contributed by atoms with Gasteiger partial charge >= 0.3 is 61.6 Å². The molecule has 2 aliphatic carbocycles. The molecule has 0 amide bonds. The molecule has 2 aliphatic rings. The third kappa shape index (κ3) is 36.0. The van der Waals surface area contributed by atoms with Gasteiger partial charge in [0.05, 0.1) is 0 Å². The van der Waals surface area contributed by atoms with Crippen LogP contribution in [0.15, 0.2) is 0 Å². The molecular weight excluding hydrogens is 405 g/mol. The fourth-order valence-corrected chi connectivity index (χ4v) is 0.642. The van der Waals surface area contributed by atoms with E-state index in [0.717, 1.165) is 0 Å². The zero-order valence-corrected chi connectivity index (χ0v) is 13.4. The minimum atomic E-state index is 0. The van der Waals surface area contributed by atoms with Gasteiger partial charge in [-0.25, -0.2) is 2.74 Å². The van der Waals surface area contributed by atoms with Crippen LogP contribution in [0.3, 0.4) is 0 Å². The molecule has 0 aliphatic heterocycles. The van der Waals surface area contributed by atoms with Crippen LogP contribution < -0.4 is 0 Å². The molecule has 0 atom stereocenters. The van der Waals surface area contributed by atoms with E-state index in [4.69, 9.17) is 12.0 Å². The maximum atomic E-state index is 7.50. The van der Waals surface area contributed by atoms with E-state index in [1.165, 1.54) is 0 Å². The number of rotatable bonds is 0. The second-order valence-electron chi connectivity index (χ2n) is 1.92. The molecule has 98 valence electrons. The van der Waals surface area contributed by atoms with Gasteiger partial charge in [-0.1, -0.05) is 0 Å². The Kier molecular flexibility index (Phi) is 65.0. The molecule has 0 saturated heterocycles. The molecule has 0 aromatic rings. The molecular formula is C14H16O2Ru2+2. The Balaban J connectivity index is -0.0000000313. The van der Waals surface area contributed by atoms with Crippen LogP contribution in [0.4, 0.5) is 0 Å². The Bertz CT molecular complexity index is 117. The van der Waals surface area contributed by atoms with Crippen molar-refractivity contribution in [3.05, 3.63) is 92.3 Å². The molecule has 0 aromatic heterocycles. The first-order chi connectivity index (χ1) is 8.41. The van der Waals surface area contributed by atoms with Crippen LogP contribution in [0.2, 0.25) is 0 Å². The summed E-state index contributed by atoms with van der Waals surface area (Å²) in [7, 11) is 0.500. The molecule has 4 heteroatoms. The first-order valence-electron chi connectivity index (χ1n) is 4.90. The molecule has 2 nitrogen and oxygen atoms in total. The number of hydrogen-bond donors (Lipinski definition) is 0. The SMILES string of the molecule is [13C-]#[O+].[13C-]#[O+].[2H][13CH-][2H].[CH3-].[CH]1[CH][CH][CH][CH]1.[CH]1[CH][CH][CH][CH]1.[Ru+3].[Ru+]. The van der Waals surface area contributed by atoms with Gasteiger partial charge in [-0.2, -0.15) is 0 Å². The Hall–Kier alpha value is 0.727. The predicted molar refractivity (Wildman–Crippen MR) is 63.7 cm³/mol. The first kappa shape index (κ1) is 27.1. The molecule has 2 rings (SSSR count). The van der Waals surface area contributed by atoms with Crippen LogP contribution in [0.25, 0.3) is 0 Å².